The third-order valence-electron chi connectivity index (χ3n) is 3.02. The molecule has 92 valence electrons. The Morgan fingerprint density at radius 3 is 2.69 bits per heavy atom. The van der Waals surface area contributed by atoms with Crippen LogP contribution in [0.1, 0.15) is 32.6 Å². The van der Waals surface area contributed by atoms with Crippen LogP contribution in [-0.2, 0) is 9.59 Å². The summed E-state index contributed by atoms with van der Waals surface area (Å²) >= 11 is 4.09. The molecule has 0 unspecified atom stereocenters. The summed E-state index contributed by atoms with van der Waals surface area (Å²) in [5, 5.41) is 9.12. The van der Waals surface area contributed by atoms with Gasteiger partial charge in [0, 0.05) is 18.2 Å². The average molecular weight is 245 g/mol. The predicted octanol–water partition coefficient (Wildman–Crippen LogP) is 1.41. The van der Waals surface area contributed by atoms with Gasteiger partial charge in [-0.15, -0.1) is 0 Å². The Morgan fingerprint density at radius 2 is 2.12 bits per heavy atom. The molecule has 1 heterocycles. The lowest BCUT2D eigenvalue weighted by atomic mass is 10.1. The van der Waals surface area contributed by atoms with Gasteiger partial charge in [-0.2, -0.15) is 12.6 Å². The molecule has 2 atom stereocenters. The zero-order chi connectivity index (χ0) is 12.1. The van der Waals surface area contributed by atoms with Crippen LogP contribution in [0.4, 0.5) is 0 Å². The summed E-state index contributed by atoms with van der Waals surface area (Å²) in [5.41, 5.74) is 0. The lowest BCUT2D eigenvalue weighted by Gasteiger charge is -2.29. The van der Waals surface area contributed by atoms with Gasteiger partial charge in [-0.1, -0.05) is 19.8 Å². The van der Waals surface area contributed by atoms with Crippen LogP contribution < -0.4 is 0 Å². The Hall–Kier alpha value is -0.710. The first-order chi connectivity index (χ1) is 7.57. The van der Waals surface area contributed by atoms with Gasteiger partial charge in [-0.25, -0.2) is 4.79 Å². The normalized spacial score (nSPS) is 23.6. The minimum absolute atomic E-state index is 0.0794. The third kappa shape index (κ3) is 3.14. The van der Waals surface area contributed by atoms with E-state index < -0.39 is 12.0 Å². The number of carbonyl (C=O) groups excluding carboxylic acids is 1. The van der Waals surface area contributed by atoms with Gasteiger partial charge in [-0.05, 0) is 12.8 Å². The molecule has 0 radical (unpaired) electrons. The number of carboxylic acids is 1. The Labute approximate surface area is 101 Å². The molecule has 1 amide bonds. The minimum Gasteiger partial charge on any atom is -0.480 e. The van der Waals surface area contributed by atoms with Crippen LogP contribution >= 0.6 is 12.6 Å². The molecule has 16 heavy (non-hydrogen) atoms. The van der Waals surface area contributed by atoms with Crippen molar-refractivity contribution >= 4 is 24.5 Å². The van der Waals surface area contributed by atoms with Crippen molar-refractivity contribution in [1.29, 1.82) is 0 Å². The topological polar surface area (TPSA) is 57.6 Å². The maximum absolute atomic E-state index is 12.0. The predicted molar refractivity (Wildman–Crippen MR) is 64.6 cm³/mol. The molecule has 0 aliphatic carbocycles. The van der Waals surface area contributed by atoms with Crippen LogP contribution in [0.3, 0.4) is 0 Å². The first-order valence-electron chi connectivity index (χ1n) is 5.72. The van der Waals surface area contributed by atoms with E-state index in [9.17, 15) is 9.59 Å². The smallest absolute Gasteiger partial charge is 0.326 e. The monoisotopic (exact) mass is 245 g/mol. The molecular formula is C11H19NO3S. The molecular weight excluding hydrogens is 226 g/mol. The van der Waals surface area contributed by atoms with E-state index in [1.54, 1.807) is 6.92 Å². The highest BCUT2D eigenvalue weighted by atomic mass is 32.1. The van der Waals surface area contributed by atoms with Crippen LogP contribution in [0.2, 0.25) is 0 Å². The molecule has 1 N–H and O–H groups in total. The molecule has 4 nitrogen and oxygen atoms in total. The van der Waals surface area contributed by atoms with E-state index in [1.807, 2.05) is 0 Å². The van der Waals surface area contributed by atoms with E-state index in [0.717, 1.165) is 19.3 Å². The summed E-state index contributed by atoms with van der Waals surface area (Å²) in [6.45, 7) is 2.35. The molecule has 1 aliphatic heterocycles. The second-order valence-corrected chi connectivity index (χ2v) is 4.68. The SMILES string of the molecule is C[C@H](CS)C(=O)N1CCCCC[C@@H]1C(=O)O. The highest BCUT2D eigenvalue weighted by Gasteiger charge is 2.32. The lowest BCUT2D eigenvalue weighted by Crippen LogP contribution is -2.47. The Kier molecular flexibility index (Phi) is 5.12. The van der Waals surface area contributed by atoms with Crippen LogP contribution in [0, 0.1) is 5.92 Å². The fourth-order valence-electron chi connectivity index (χ4n) is 1.99. The van der Waals surface area contributed by atoms with Crippen LogP contribution in [0.25, 0.3) is 0 Å². The van der Waals surface area contributed by atoms with E-state index in [4.69, 9.17) is 5.11 Å². The second kappa shape index (κ2) is 6.13. The summed E-state index contributed by atoms with van der Waals surface area (Å²) < 4.78 is 0. The van der Waals surface area contributed by atoms with E-state index >= 15 is 0 Å². The van der Waals surface area contributed by atoms with Gasteiger partial charge in [0.25, 0.3) is 0 Å². The third-order valence-corrected chi connectivity index (χ3v) is 3.56. The highest BCUT2D eigenvalue weighted by molar-refractivity contribution is 7.80. The van der Waals surface area contributed by atoms with E-state index in [1.165, 1.54) is 4.90 Å². The number of carboxylic acid groups (broad SMARTS) is 1. The number of nitrogens with zero attached hydrogens (tertiary/aromatic N) is 1. The fraction of sp³-hybridized carbons (Fsp3) is 0.818. The van der Waals surface area contributed by atoms with Crippen molar-refractivity contribution in [2.24, 2.45) is 5.92 Å². The van der Waals surface area contributed by atoms with E-state index in [2.05, 4.69) is 12.6 Å². The fourth-order valence-corrected chi connectivity index (χ4v) is 2.15. The van der Waals surface area contributed by atoms with Crippen molar-refractivity contribution < 1.29 is 14.7 Å². The van der Waals surface area contributed by atoms with Gasteiger partial charge < -0.3 is 10.0 Å². The number of hydrogen-bond donors (Lipinski definition) is 2. The van der Waals surface area contributed by atoms with Gasteiger partial charge in [0.05, 0.1) is 0 Å². The average Bonchev–Trinajstić information content (AvgIpc) is 2.52. The zero-order valence-corrected chi connectivity index (χ0v) is 10.4. The number of likely N-dealkylation sites (tertiary alicyclic amines) is 1. The lowest BCUT2D eigenvalue weighted by molar-refractivity contribution is -0.151. The first kappa shape index (κ1) is 13.4. The molecule has 1 aliphatic rings. The number of amides is 1. The number of carbonyl (C=O) groups is 2. The second-order valence-electron chi connectivity index (χ2n) is 4.32. The molecule has 1 rings (SSSR count). The van der Waals surface area contributed by atoms with Crippen molar-refractivity contribution in [3.05, 3.63) is 0 Å². The summed E-state index contributed by atoms with van der Waals surface area (Å²) in [6.07, 6.45) is 3.36. The zero-order valence-electron chi connectivity index (χ0n) is 9.56. The summed E-state index contributed by atoms with van der Waals surface area (Å²) in [7, 11) is 0. The molecule has 1 fully saturated rings. The van der Waals surface area contributed by atoms with Crippen LogP contribution in [0.15, 0.2) is 0 Å². The Morgan fingerprint density at radius 1 is 1.44 bits per heavy atom. The first-order valence-corrected chi connectivity index (χ1v) is 6.35. The van der Waals surface area contributed by atoms with E-state index in [-0.39, 0.29) is 11.8 Å². The van der Waals surface area contributed by atoms with Crippen molar-refractivity contribution in [3.8, 4) is 0 Å². The molecule has 0 aromatic rings. The Bertz CT molecular complexity index is 270. The molecule has 0 bridgehead atoms. The summed E-state index contributed by atoms with van der Waals surface area (Å²) in [6, 6.07) is -0.641. The number of hydrogen-bond acceptors (Lipinski definition) is 3. The van der Waals surface area contributed by atoms with Crippen molar-refractivity contribution in [3.63, 3.8) is 0 Å². The van der Waals surface area contributed by atoms with E-state index in [0.29, 0.717) is 18.7 Å². The molecule has 1 saturated heterocycles. The molecule has 0 aromatic carbocycles. The minimum atomic E-state index is -0.887. The molecule has 5 heteroatoms. The van der Waals surface area contributed by atoms with Crippen LogP contribution in [0.5, 0.6) is 0 Å². The molecule has 0 saturated carbocycles. The van der Waals surface area contributed by atoms with Gasteiger partial charge in [0.2, 0.25) is 5.91 Å². The summed E-state index contributed by atoms with van der Waals surface area (Å²) in [4.78, 5) is 24.7. The number of rotatable bonds is 3. The Balaban J connectivity index is 2.78. The van der Waals surface area contributed by atoms with Gasteiger partial charge in [-0.3, -0.25) is 4.79 Å². The van der Waals surface area contributed by atoms with Crippen molar-refractivity contribution in [1.82, 2.24) is 4.90 Å². The number of aliphatic carboxylic acids is 1. The van der Waals surface area contributed by atoms with Crippen molar-refractivity contribution in [2.45, 2.75) is 38.6 Å². The van der Waals surface area contributed by atoms with Crippen molar-refractivity contribution in [2.75, 3.05) is 12.3 Å². The van der Waals surface area contributed by atoms with Gasteiger partial charge in [0.15, 0.2) is 0 Å². The van der Waals surface area contributed by atoms with Gasteiger partial charge in [0.1, 0.15) is 6.04 Å². The quantitative estimate of drug-likeness (QED) is 0.739. The summed E-state index contributed by atoms with van der Waals surface area (Å²) in [5.74, 6) is -0.712. The highest BCUT2D eigenvalue weighted by Crippen LogP contribution is 2.19. The largest absolute Gasteiger partial charge is 0.480 e. The van der Waals surface area contributed by atoms with Crippen LogP contribution in [-0.4, -0.2) is 40.2 Å². The van der Waals surface area contributed by atoms with Gasteiger partial charge >= 0.3 is 5.97 Å². The maximum atomic E-state index is 12.0. The molecule has 0 spiro atoms. The molecule has 0 aromatic heterocycles. The number of thiol groups is 1. The standard InChI is InChI=1S/C11H19NO3S/c1-8(7-16)10(13)12-6-4-2-3-5-9(12)11(14)15/h8-9,16H,2-7H2,1H3,(H,14,15)/t8-,9-/m1/s1. The maximum Gasteiger partial charge on any atom is 0.326 e.